The highest BCUT2D eigenvalue weighted by molar-refractivity contribution is 7.89. The minimum atomic E-state index is -3.71. The fourth-order valence-electron chi connectivity index (χ4n) is 2.49. The zero-order chi connectivity index (χ0) is 17.2. The van der Waals surface area contributed by atoms with E-state index in [1.165, 1.54) is 12.1 Å². The lowest BCUT2D eigenvalue weighted by Gasteiger charge is -2.08. The van der Waals surface area contributed by atoms with Crippen LogP contribution in [0.25, 0.3) is 16.9 Å². The molecule has 0 saturated carbocycles. The van der Waals surface area contributed by atoms with Gasteiger partial charge in [-0.2, -0.15) is 5.10 Å². The fraction of sp³-hybridized carbons (Fsp3) is 0.118. The molecule has 0 atom stereocenters. The van der Waals surface area contributed by atoms with Gasteiger partial charge in [0.1, 0.15) is 0 Å². The van der Waals surface area contributed by atoms with Crippen LogP contribution in [0.1, 0.15) is 5.69 Å². The lowest BCUT2D eigenvalue weighted by Crippen LogP contribution is -2.12. The first-order chi connectivity index (χ1) is 11.5. The summed E-state index contributed by atoms with van der Waals surface area (Å²) in [6.07, 6.45) is 0. The molecular formula is C17H18N4O2S. The van der Waals surface area contributed by atoms with Crippen LogP contribution in [-0.2, 0) is 16.6 Å². The van der Waals surface area contributed by atoms with Gasteiger partial charge < -0.3 is 5.32 Å². The predicted molar refractivity (Wildman–Crippen MR) is 93.1 cm³/mol. The zero-order valence-electron chi connectivity index (χ0n) is 13.2. The molecule has 0 saturated heterocycles. The van der Waals surface area contributed by atoms with Gasteiger partial charge in [0.25, 0.3) is 0 Å². The molecule has 1 aromatic heterocycles. The van der Waals surface area contributed by atoms with Crippen molar-refractivity contribution in [1.29, 1.82) is 0 Å². The van der Waals surface area contributed by atoms with Crippen LogP contribution in [-0.4, -0.2) is 25.2 Å². The second kappa shape index (κ2) is 6.56. The van der Waals surface area contributed by atoms with Gasteiger partial charge in [0.2, 0.25) is 10.0 Å². The van der Waals surface area contributed by atoms with Crippen molar-refractivity contribution in [2.45, 2.75) is 11.4 Å². The monoisotopic (exact) mass is 342 g/mol. The second-order valence-corrected chi connectivity index (χ2v) is 6.93. The summed E-state index contributed by atoms with van der Waals surface area (Å²) in [5.41, 5.74) is 3.63. The van der Waals surface area contributed by atoms with Gasteiger partial charge in [-0.1, -0.05) is 30.3 Å². The minimum absolute atomic E-state index is 0.0788. The molecule has 6 nitrogen and oxygen atoms in total. The van der Waals surface area contributed by atoms with E-state index in [2.05, 4.69) is 10.4 Å². The van der Waals surface area contributed by atoms with Crippen LogP contribution in [0.2, 0.25) is 0 Å². The molecule has 0 aliphatic rings. The Morgan fingerprint density at radius 1 is 1.08 bits per heavy atom. The molecule has 0 aliphatic heterocycles. The van der Waals surface area contributed by atoms with Gasteiger partial charge in [-0.3, -0.25) is 0 Å². The highest BCUT2D eigenvalue weighted by Gasteiger charge is 2.13. The molecule has 2 aromatic carbocycles. The van der Waals surface area contributed by atoms with Crippen LogP contribution >= 0.6 is 0 Å². The minimum Gasteiger partial charge on any atom is -0.314 e. The van der Waals surface area contributed by atoms with E-state index >= 15 is 0 Å². The van der Waals surface area contributed by atoms with Crippen LogP contribution in [0.5, 0.6) is 0 Å². The Kier molecular flexibility index (Phi) is 4.48. The molecule has 0 unspecified atom stereocenters. The molecular weight excluding hydrogens is 324 g/mol. The Morgan fingerprint density at radius 3 is 2.33 bits per heavy atom. The Balaban J connectivity index is 2.09. The first-order valence-corrected chi connectivity index (χ1v) is 8.96. The summed E-state index contributed by atoms with van der Waals surface area (Å²) in [7, 11) is -1.84. The Hall–Kier alpha value is -2.48. The van der Waals surface area contributed by atoms with Crippen LogP contribution in [0.3, 0.4) is 0 Å². The summed E-state index contributed by atoms with van der Waals surface area (Å²) in [5.74, 6) is 0. The van der Waals surface area contributed by atoms with Crippen molar-refractivity contribution in [3.8, 4) is 16.9 Å². The molecule has 0 fully saturated rings. The van der Waals surface area contributed by atoms with Crippen molar-refractivity contribution in [3.05, 3.63) is 66.4 Å². The zero-order valence-corrected chi connectivity index (χ0v) is 14.0. The van der Waals surface area contributed by atoms with E-state index in [1.54, 1.807) is 16.8 Å². The van der Waals surface area contributed by atoms with Gasteiger partial charge in [-0.05, 0) is 37.4 Å². The molecule has 3 N–H and O–H groups in total. The van der Waals surface area contributed by atoms with Gasteiger partial charge in [0, 0.05) is 12.1 Å². The third-order valence-corrected chi connectivity index (χ3v) is 4.53. The highest BCUT2D eigenvalue weighted by Crippen LogP contribution is 2.24. The SMILES string of the molecule is CNCc1cc(-c2ccccc2)n(-c2ccc(S(N)(=O)=O)cc2)n1. The normalized spacial score (nSPS) is 11.6. The fourth-order valence-corrected chi connectivity index (χ4v) is 3.00. The van der Waals surface area contributed by atoms with E-state index in [-0.39, 0.29) is 4.90 Å². The molecule has 1 heterocycles. The van der Waals surface area contributed by atoms with Crippen molar-refractivity contribution >= 4 is 10.0 Å². The Bertz CT molecular complexity index is 932. The van der Waals surface area contributed by atoms with Gasteiger partial charge in [0.05, 0.1) is 22.0 Å². The number of rotatable bonds is 5. The smallest absolute Gasteiger partial charge is 0.238 e. The molecule has 24 heavy (non-hydrogen) atoms. The molecule has 0 spiro atoms. The average Bonchev–Trinajstić information content (AvgIpc) is 2.99. The van der Waals surface area contributed by atoms with Crippen LogP contribution in [0, 0.1) is 0 Å². The topological polar surface area (TPSA) is 90.0 Å². The van der Waals surface area contributed by atoms with Crippen LogP contribution < -0.4 is 10.5 Å². The average molecular weight is 342 g/mol. The third-order valence-electron chi connectivity index (χ3n) is 3.60. The number of hydrogen-bond acceptors (Lipinski definition) is 4. The van der Waals surface area contributed by atoms with Crippen molar-refractivity contribution < 1.29 is 8.42 Å². The van der Waals surface area contributed by atoms with Crippen molar-refractivity contribution in [3.63, 3.8) is 0 Å². The standard InChI is InChI=1S/C17H18N4O2S/c1-19-12-14-11-17(13-5-3-2-4-6-13)21(20-14)15-7-9-16(10-8-15)24(18,22)23/h2-11,19H,12H2,1H3,(H2,18,22,23). The number of primary sulfonamides is 1. The maximum absolute atomic E-state index is 11.4. The van der Waals surface area contributed by atoms with Crippen molar-refractivity contribution in [2.24, 2.45) is 5.14 Å². The Morgan fingerprint density at radius 2 is 1.75 bits per heavy atom. The predicted octanol–water partition coefficient (Wildman–Crippen LogP) is 1.91. The van der Waals surface area contributed by atoms with E-state index < -0.39 is 10.0 Å². The molecule has 124 valence electrons. The molecule has 0 radical (unpaired) electrons. The number of sulfonamides is 1. The summed E-state index contributed by atoms with van der Waals surface area (Å²) in [5, 5.41) is 12.8. The van der Waals surface area contributed by atoms with Crippen LogP contribution in [0.15, 0.2) is 65.6 Å². The highest BCUT2D eigenvalue weighted by atomic mass is 32.2. The summed E-state index contributed by atoms with van der Waals surface area (Å²) >= 11 is 0. The van der Waals surface area contributed by atoms with Gasteiger partial charge in [0.15, 0.2) is 0 Å². The molecule has 0 amide bonds. The summed E-state index contributed by atoms with van der Waals surface area (Å²) in [6, 6.07) is 18.3. The van der Waals surface area contributed by atoms with Gasteiger partial charge in [-0.25, -0.2) is 18.2 Å². The number of hydrogen-bond donors (Lipinski definition) is 2. The largest absolute Gasteiger partial charge is 0.314 e. The molecule has 7 heteroatoms. The first kappa shape index (κ1) is 16.4. The van der Waals surface area contributed by atoms with E-state index in [4.69, 9.17) is 5.14 Å². The number of benzene rings is 2. The number of nitrogens with zero attached hydrogens (tertiary/aromatic N) is 2. The molecule has 3 rings (SSSR count). The lowest BCUT2D eigenvalue weighted by molar-refractivity contribution is 0.598. The second-order valence-electron chi connectivity index (χ2n) is 5.37. The van der Waals surface area contributed by atoms with Crippen LogP contribution in [0.4, 0.5) is 0 Å². The first-order valence-electron chi connectivity index (χ1n) is 7.41. The quantitative estimate of drug-likeness (QED) is 0.741. The van der Waals surface area contributed by atoms with E-state index in [0.29, 0.717) is 6.54 Å². The van der Waals surface area contributed by atoms with E-state index in [9.17, 15) is 8.42 Å². The van der Waals surface area contributed by atoms with Crippen molar-refractivity contribution in [2.75, 3.05) is 7.05 Å². The maximum Gasteiger partial charge on any atom is 0.238 e. The third kappa shape index (κ3) is 3.38. The number of nitrogens with two attached hydrogens (primary N) is 1. The summed E-state index contributed by atoms with van der Waals surface area (Å²) in [4.78, 5) is 0.0788. The number of aromatic nitrogens is 2. The summed E-state index contributed by atoms with van der Waals surface area (Å²) in [6.45, 7) is 0.641. The van der Waals surface area contributed by atoms with Crippen molar-refractivity contribution in [1.82, 2.24) is 15.1 Å². The molecule has 0 bridgehead atoms. The molecule has 3 aromatic rings. The van der Waals surface area contributed by atoms with E-state index in [0.717, 1.165) is 22.6 Å². The summed E-state index contributed by atoms with van der Waals surface area (Å²) < 4.78 is 24.6. The Labute approximate surface area is 141 Å². The molecule has 0 aliphatic carbocycles. The van der Waals surface area contributed by atoms with E-state index in [1.807, 2.05) is 43.4 Å². The maximum atomic E-state index is 11.4. The number of nitrogens with one attached hydrogen (secondary N) is 1. The lowest BCUT2D eigenvalue weighted by atomic mass is 10.1. The van der Waals surface area contributed by atoms with Gasteiger partial charge >= 0.3 is 0 Å². The van der Waals surface area contributed by atoms with Gasteiger partial charge in [-0.15, -0.1) is 0 Å².